The molecule has 0 radical (unpaired) electrons. The zero-order valence-corrected chi connectivity index (χ0v) is 16.2. The number of sulfone groups is 1. The lowest BCUT2D eigenvalue weighted by atomic mass is 10.1. The lowest BCUT2D eigenvalue weighted by Gasteiger charge is -2.16. The maximum atomic E-state index is 12.6. The molecule has 136 valence electrons. The number of halogens is 1. The minimum Gasteiger partial charge on any atom is -0.495 e. The Morgan fingerprint density at radius 1 is 1.04 bits per heavy atom. The summed E-state index contributed by atoms with van der Waals surface area (Å²) in [6, 6.07) is 9.75. The lowest BCUT2D eigenvalue weighted by molar-refractivity contribution is 0.402. The van der Waals surface area contributed by atoms with Crippen LogP contribution in [0.4, 0.5) is 0 Å². The van der Waals surface area contributed by atoms with Gasteiger partial charge in [0.25, 0.3) is 0 Å². The normalized spacial score (nSPS) is 13.4. The SMILES string of the molecule is COc1ccc(Cl)cc1S(=O)(=O)N[C@@H](C)c1ccc(S(C)(=O)=O)cc1. The maximum absolute atomic E-state index is 12.6. The highest BCUT2D eigenvalue weighted by molar-refractivity contribution is 7.90. The summed E-state index contributed by atoms with van der Waals surface area (Å²) in [6.45, 7) is 1.66. The summed E-state index contributed by atoms with van der Waals surface area (Å²) in [7, 11) is -5.83. The van der Waals surface area contributed by atoms with Gasteiger partial charge >= 0.3 is 0 Å². The van der Waals surface area contributed by atoms with Crippen LogP contribution in [-0.4, -0.2) is 30.2 Å². The molecule has 0 saturated heterocycles. The minimum atomic E-state index is -3.89. The van der Waals surface area contributed by atoms with Crippen LogP contribution in [0.5, 0.6) is 5.75 Å². The second-order valence-electron chi connectivity index (χ2n) is 5.48. The molecular weight excluding hydrogens is 386 g/mol. The van der Waals surface area contributed by atoms with Crippen molar-refractivity contribution in [3.8, 4) is 5.75 Å². The van der Waals surface area contributed by atoms with Crippen LogP contribution in [0.1, 0.15) is 18.5 Å². The van der Waals surface area contributed by atoms with Crippen LogP contribution in [0.25, 0.3) is 0 Å². The van der Waals surface area contributed by atoms with Gasteiger partial charge in [-0.1, -0.05) is 23.7 Å². The molecule has 0 amide bonds. The topological polar surface area (TPSA) is 89.5 Å². The fourth-order valence-electron chi connectivity index (χ4n) is 2.23. The van der Waals surface area contributed by atoms with Crippen molar-refractivity contribution in [2.75, 3.05) is 13.4 Å². The molecule has 1 atom stereocenters. The van der Waals surface area contributed by atoms with Crippen molar-refractivity contribution in [3.05, 3.63) is 53.1 Å². The molecular formula is C16H18ClNO5S2. The first-order valence-electron chi connectivity index (χ1n) is 7.20. The van der Waals surface area contributed by atoms with E-state index in [9.17, 15) is 16.8 Å². The molecule has 0 heterocycles. The van der Waals surface area contributed by atoms with Crippen molar-refractivity contribution >= 4 is 31.5 Å². The number of methoxy groups -OCH3 is 1. The fourth-order valence-corrected chi connectivity index (χ4v) is 4.52. The van der Waals surface area contributed by atoms with Gasteiger partial charge < -0.3 is 4.74 Å². The average Bonchev–Trinajstić information content (AvgIpc) is 2.53. The Hall–Kier alpha value is -1.61. The second-order valence-corrected chi connectivity index (χ2v) is 9.61. The van der Waals surface area contributed by atoms with Crippen molar-refractivity contribution in [2.24, 2.45) is 0 Å². The van der Waals surface area contributed by atoms with Crippen LogP contribution in [0, 0.1) is 0 Å². The summed E-state index contributed by atoms with van der Waals surface area (Å²) in [5.74, 6) is 0.177. The van der Waals surface area contributed by atoms with E-state index in [1.807, 2.05) is 0 Å². The highest BCUT2D eigenvalue weighted by atomic mass is 35.5. The van der Waals surface area contributed by atoms with Crippen LogP contribution < -0.4 is 9.46 Å². The Balaban J connectivity index is 2.30. The third-order valence-electron chi connectivity index (χ3n) is 3.56. The van der Waals surface area contributed by atoms with Gasteiger partial charge in [0, 0.05) is 17.3 Å². The molecule has 0 aromatic heterocycles. The highest BCUT2D eigenvalue weighted by Gasteiger charge is 2.23. The van der Waals surface area contributed by atoms with Gasteiger partial charge in [0.2, 0.25) is 10.0 Å². The quantitative estimate of drug-likeness (QED) is 0.800. The summed E-state index contributed by atoms with van der Waals surface area (Å²) >= 11 is 5.89. The molecule has 0 aliphatic carbocycles. The van der Waals surface area contributed by atoms with Crippen LogP contribution in [0.3, 0.4) is 0 Å². The number of nitrogens with one attached hydrogen (secondary N) is 1. The molecule has 0 aliphatic rings. The van der Waals surface area contributed by atoms with Crippen LogP contribution in [0.15, 0.2) is 52.3 Å². The molecule has 2 aromatic rings. The highest BCUT2D eigenvalue weighted by Crippen LogP contribution is 2.28. The van der Waals surface area contributed by atoms with Crippen LogP contribution in [-0.2, 0) is 19.9 Å². The van der Waals surface area contributed by atoms with Gasteiger partial charge in [0.1, 0.15) is 10.6 Å². The van der Waals surface area contributed by atoms with Crippen molar-refractivity contribution in [1.82, 2.24) is 4.72 Å². The molecule has 0 saturated carbocycles. The smallest absolute Gasteiger partial charge is 0.244 e. The largest absolute Gasteiger partial charge is 0.495 e. The standard InChI is InChI=1S/C16H18ClNO5S2/c1-11(12-4-7-14(8-5-12)24(3,19)20)18-25(21,22)16-10-13(17)6-9-15(16)23-2/h4-11,18H,1-3H3/t11-/m0/s1. The van der Waals surface area contributed by atoms with Gasteiger partial charge in [-0.05, 0) is 42.8 Å². The third kappa shape index (κ3) is 4.72. The number of rotatable bonds is 6. The number of sulfonamides is 1. The lowest BCUT2D eigenvalue weighted by Crippen LogP contribution is -2.27. The second kappa shape index (κ2) is 7.33. The van der Waals surface area contributed by atoms with E-state index in [4.69, 9.17) is 16.3 Å². The van der Waals surface area contributed by atoms with Crippen molar-refractivity contribution in [2.45, 2.75) is 22.8 Å². The molecule has 0 bridgehead atoms. The van der Waals surface area contributed by atoms with Gasteiger partial charge in [-0.25, -0.2) is 21.6 Å². The fraction of sp³-hybridized carbons (Fsp3) is 0.250. The third-order valence-corrected chi connectivity index (χ3v) is 6.48. The van der Waals surface area contributed by atoms with Crippen LogP contribution >= 0.6 is 11.6 Å². The summed E-state index contributed by atoms with van der Waals surface area (Å²) in [5, 5.41) is 0.270. The molecule has 9 heteroatoms. The predicted molar refractivity (Wildman–Crippen MR) is 96.3 cm³/mol. The van der Waals surface area contributed by atoms with Crippen molar-refractivity contribution in [1.29, 1.82) is 0 Å². The van der Waals surface area contributed by atoms with E-state index < -0.39 is 25.9 Å². The first kappa shape index (κ1) is 19.7. The predicted octanol–water partition coefficient (Wildman–Crippen LogP) is 2.79. The van der Waals surface area contributed by atoms with Gasteiger partial charge in [0.05, 0.1) is 12.0 Å². The number of ether oxygens (including phenoxy) is 1. The summed E-state index contributed by atoms with van der Waals surface area (Å²) < 4.78 is 55.9. The first-order valence-corrected chi connectivity index (χ1v) is 11.0. The van der Waals surface area contributed by atoms with E-state index in [-0.39, 0.29) is 20.6 Å². The monoisotopic (exact) mass is 403 g/mol. The Bertz CT molecular complexity index is 970. The summed E-state index contributed by atoms with van der Waals surface area (Å²) in [5.41, 5.74) is 0.622. The van der Waals surface area contributed by atoms with Crippen LogP contribution in [0.2, 0.25) is 5.02 Å². The van der Waals surface area contributed by atoms with E-state index in [0.29, 0.717) is 5.56 Å². The molecule has 25 heavy (non-hydrogen) atoms. The zero-order chi connectivity index (χ0) is 18.8. The maximum Gasteiger partial charge on any atom is 0.244 e. The summed E-state index contributed by atoms with van der Waals surface area (Å²) in [4.78, 5) is 0.102. The van der Waals surface area contributed by atoms with E-state index >= 15 is 0 Å². The summed E-state index contributed by atoms with van der Waals surface area (Å²) in [6.07, 6.45) is 1.11. The Kier molecular flexibility index (Phi) is 5.78. The number of hydrogen-bond acceptors (Lipinski definition) is 5. The first-order chi connectivity index (χ1) is 11.5. The van der Waals surface area contributed by atoms with Crippen molar-refractivity contribution in [3.63, 3.8) is 0 Å². The molecule has 2 rings (SSSR count). The van der Waals surface area contributed by atoms with Crippen molar-refractivity contribution < 1.29 is 21.6 Å². The van der Waals surface area contributed by atoms with Gasteiger partial charge in [-0.15, -0.1) is 0 Å². The molecule has 0 unspecified atom stereocenters. The molecule has 1 N–H and O–H groups in total. The van der Waals surface area contributed by atoms with Gasteiger partial charge in [-0.2, -0.15) is 0 Å². The zero-order valence-electron chi connectivity index (χ0n) is 13.9. The Labute approximate surface area is 152 Å². The Morgan fingerprint density at radius 2 is 1.64 bits per heavy atom. The van der Waals surface area contributed by atoms with E-state index in [0.717, 1.165) is 6.26 Å². The average molecular weight is 404 g/mol. The number of benzene rings is 2. The Morgan fingerprint density at radius 3 is 2.16 bits per heavy atom. The van der Waals surface area contributed by atoms with E-state index in [2.05, 4.69) is 4.72 Å². The molecule has 6 nitrogen and oxygen atoms in total. The molecule has 0 aliphatic heterocycles. The molecule has 2 aromatic carbocycles. The van der Waals surface area contributed by atoms with Gasteiger partial charge in [0.15, 0.2) is 9.84 Å². The van der Waals surface area contributed by atoms with E-state index in [1.54, 1.807) is 19.1 Å². The minimum absolute atomic E-state index is 0.0675. The van der Waals surface area contributed by atoms with Gasteiger partial charge in [-0.3, -0.25) is 0 Å². The van der Waals surface area contributed by atoms with E-state index in [1.165, 1.54) is 37.4 Å². The molecule has 0 spiro atoms. The molecule has 0 fully saturated rings. The number of hydrogen-bond donors (Lipinski definition) is 1.